The summed E-state index contributed by atoms with van der Waals surface area (Å²) in [5, 5.41) is 3.41. The number of aryl methyl sites for hydroxylation is 1. The number of rotatable bonds is 5. The second-order valence-electron chi connectivity index (χ2n) is 8.09. The summed E-state index contributed by atoms with van der Waals surface area (Å²) in [4.78, 5) is 36.7. The Labute approximate surface area is 181 Å². The molecule has 1 amide bonds. The van der Waals surface area contributed by atoms with Gasteiger partial charge in [0.2, 0.25) is 0 Å². The van der Waals surface area contributed by atoms with Gasteiger partial charge >= 0.3 is 5.97 Å². The average molecular weight is 418 g/mol. The third-order valence-electron chi connectivity index (χ3n) is 5.53. The van der Waals surface area contributed by atoms with Gasteiger partial charge in [-0.15, -0.1) is 0 Å². The lowest BCUT2D eigenvalue weighted by molar-refractivity contribution is -0.119. The molecule has 0 bridgehead atoms. The number of pyridine rings is 2. The topological polar surface area (TPSA) is 84.4 Å². The molecule has 31 heavy (non-hydrogen) atoms. The first-order valence-electron chi connectivity index (χ1n) is 10.5. The largest absolute Gasteiger partial charge is 0.452 e. The van der Waals surface area contributed by atoms with Crippen LogP contribution in [0.2, 0.25) is 0 Å². The van der Waals surface area contributed by atoms with Crippen LogP contribution in [0.15, 0.2) is 42.6 Å². The third kappa shape index (κ3) is 4.56. The van der Waals surface area contributed by atoms with Gasteiger partial charge in [0.05, 0.1) is 11.1 Å². The predicted molar refractivity (Wildman–Crippen MR) is 119 cm³/mol. The Balaban J connectivity index is 1.58. The fourth-order valence-corrected chi connectivity index (χ4v) is 3.87. The van der Waals surface area contributed by atoms with Crippen LogP contribution in [-0.2, 0) is 22.5 Å². The van der Waals surface area contributed by atoms with Crippen LogP contribution in [-0.4, -0.2) is 45.9 Å². The van der Waals surface area contributed by atoms with Crippen LogP contribution in [0.4, 0.5) is 5.82 Å². The molecule has 1 N–H and O–H groups in total. The Morgan fingerprint density at radius 3 is 2.81 bits per heavy atom. The molecule has 4 rings (SSSR count). The second-order valence-corrected chi connectivity index (χ2v) is 8.09. The molecule has 0 saturated carbocycles. The molecule has 0 aliphatic carbocycles. The van der Waals surface area contributed by atoms with Crippen LogP contribution in [0.25, 0.3) is 10.9 Å². The molecular formula is C24H26N4O3. The van der Waals surface area contributed by atoms with E-state index >= 15 is 0 Å². The van der Waals surface area contributed by atoms with E-state index < -0.39 is 11.9 Å². The van der Waals surface area contributed by atoms with E-state index in [-0.39, 0.29) is 6.61 Å². The van der Waals surface area contributed by atoms with Crippen molar-refractivity contribution in [3.63, 3.8) is 0 Å². The number of esters is 1. The molecule has 1 aliphatic heterocycles. The molecule has 1 aliphatic rings. The lowest BCUT2D eigenvalue weighted by atomic mass is 9.95. The summed E-state index contributed by atoms with van der Waals surface area (Å²) in [6, 6.07) is 11.5. The van der Waals surface area contributed by atoms with E-state index in [1.54, 1.807) is 12.3 Å². The van der Waals surface area contributed by atoms with Crippen LogP contribution in [0.5, 0.6) is 0 Å². The van der Waals surface area contributed by atoms with Crippen molar-refractivity contribution < 1.29 is 14.3 Å². The number of carbonyl (C=O) groups excluding carboxylic acids is 2. The van der Waals surface area contributed by atoms with E-state index in [9.17, 15) is 9.59 Å². The second kappa shape index (κ2) is 8.81. The smallest absolute Gasteiger partial charge is 0.339 e. The number of anilines is 1. The Bertz CT molecular complexity index is 1140. The molecule has 3 aromatic rings. The van der Waals surface area contributed by atoms with Gasteiger partial charge in [-0.1, -0.05) is 18.2 Å². The van der Waals surface area contributed by atoms with Crippen LogP contribution >= 0.6 is 0 Å². The minimum Gasteiger partial charge on any atom is -0.452 e. The van der Waals surface area contributed by atoms with Crippen molar-refractivity contribution in [3.8, 4) is 0 Å². The number of amides is 1. The number of carbonyl (C=O) groups is 2. The van der Waals surface area contributed by atoms with Crippen molar-refractivity contribution in [1.29, 1.82) is 0 Å². The molecule has 3 heterocycles. The highest BCUT2D eigenvalue weighted by Crippen LogP contribution is 2.29. The number of aromatic nitrogens is 2. The molecule has 7 nitrogen and oxygen atoms in total. The molecule has 1 aromatic carbocycles. The summed E-state index contributed by atoms with van der Waals surface area (Å²) in [5.74, 6) is -0.504. The van der Waals surface area contributed by atoms with Crippen LogP contribution < -0.4 is 5.32 Å². The fourth-order valence-electron chi connectivity index (χ4n) is 3.87. The number of nitrogens with zero attached hydrogens (tertiary/aromatic N) is 3. The molecule has 160 valence electrons. The van der Waals surface area contributed by atoms with Crippen LogP contribution in [0.1, 0.15) is 41.0 Å². The highest BCUT2D eigenvalue weighted by molar-refractivity contribution is 6.06. The van der Waals surface area contributed by atoms with Crippen LogP contribution in [0, 0.1) is 6.92 Å². The Morgan fingerprint density at radius 1 is 1.23 bits per heavy atom. The minimum absolute atomic E-state index is 0.357. The van der Waals surface area contributed by atoms with Gasteiger partial charge in [-0.05, 0) is 44.5 Å². The number of para-hydroxylation sites is 1. The summed E-state index contributed by atoms with van der Waals surface area (Å²) < 4.78 is 5.44. The maximum absolute atomic E-state index is 13.2. The highest BCUT2D eigenvalue weighted by Gasteiger charge is 2.27. The first kappa shape index (κ1) is 20.9. The molecule has 0 saturated heterocycles. The Kier molecular flexibility index (Phi) is 5.95. The van der Waals surface area contributed by atoms with E-state index in [1.807, 2.05) is 37.3 Å². The highest BCUT2D eigenvalue weighted by atomic mass is 16.5. The van der Waals surface area contributed by atoms with Crippen LogP contribution in [0.3, 0.4) is 0 Å². The lowest BCUT2D eigenvalue weighted by Crippen LogP contribution is -2.37. The standard InChI is InChI=1S/C24H26N4O3/c1-15(2)28-11-9-20-18(13-28)23(17-6-4-5-7-19(17)26-20)24(30)31-14-22(29)27-21-12-16(3)8-10-25-21/h4-8,10,12,15H,9,11,13-14H2,1-3H3,(H,25,27,29). The maximum Gasteiger partial charge on any atom is 0.339 e. The number of nitrogens with one attached hydrogen (secondary N) is 1. The molecular weight excluding hydrogens is 392 g/mol. The molecule has 0 radical (unpaired) electrons. The number of hydrogen-bond donors (Lipinski definition) is 1. The fraction of sp³-hybridized carbons (Fsp3) is 0.333. The molecule has 0 fully saturated rings. The van der Waals surface area contributed by atoms with Crippen molar-refractivity contribution in [3.05, 3.63) is 65.0 Å². The third-order valence-corrected chi connectivity index (χ3v) is 5.53. The van der Waals surface area contributed by atoms with E-state index in [2.05, 4.69) is 29.0 Å². The van der Waals surface area contributed by atoms with Gasteiger partial charge in [-0.3, -0.25) is 14.7 Å². The Morgan fingerprint density at radius 2 is 2.03 bits per heavy atom. The van der Waals surface area contributed by atoms with Gasteiger partial charge in [-0.25, -0.2) is 9.78 Å². The first-order chi connectivity index (χ1) is 14.9. The Hall–Kier alpha value is -3.32. The van der Waals surface area contributed by atoms with E-state index in [0.29, 0.717) is 24.0 Å². The van der Waals surface area contributed by atoms with E-state index in [1.165, 1.54) is 0 Å². The number of ether oxygens (including phenoxy) is 1. The molecule has 7 heteroatoms. The van der Waals surface area contributed by atoms with Gasteiger partial charge in [0.1, 0.15) is 5.82 Å². The van der Waals surface area contributed by atoms with Crippen molar-refractivity contribution in [2.24, 2.45) is 0 Å². The quantitative estimate of drug-likeness (QED) is 0.639. The van der Waals surface area contributed by atoms with E-state index in [4.69, 9.17) is 9.72 Å². The van der Waals surface area contributed by atoms with Crippen molar-refractivity contribution in [2.75, 3.05) is 18.5 Å². The first-order valence-corrected chi connectivity index (χ1v) is 10.5. The maximum atomic E-state index is 13.2. The van der Waals surface area contributed by atoms with Gasteiger partial charge in [-0.2, -0.15) is 0 Å². The summed E-state index contributed by atoms with van der Waals surface area (Å²) in [6.07, 6.45) is 2.39. The zero-order valence-electron chi connectivity index (χ0n) is 18.0. The zero-order valence-corrected chi connectivity index (χ0v) is 18.0. The van der Waals surface area contributed by atoms with Gasteiger partial charge in [0.25, 0.3) is 5.91 Å². The summed E-state index contributed by atoms with van der Waals surface area (Å²) >= 11 is 0. The number of hydrogen-bond acceptors (Lipinski definition) is 6. The van der Waals surface area contributed by atoms with E-state index in [0.717, 1.165) is 40.7 Å². The monoisotopic (exact) mass is 418 g/mol. The average Bonchev–Trinajstić information content (AvgIpc) is 2.75. The lowest BCUT2D eigenvalue weighted by Gasteiger charge is -2.32. The summed E-state index contributed by atoms with van der Waals surface area (Å²) in [7, 11) is 0. The summed E-state index contributed by atoms with van der Waals surface area (Å²) in [6.45, 7) is 7.34. The van der Waals surface area contributed by atoms with Gasteiger partial charge < -0.3 is 10.1 Å². The molecule has 0 unspecified atom stereocenters. The normalized spacial score (nSPS) is 13.8. The SMILES string of the molecule is Cc1ccnc(NC(=O)COC(=O)c2c3c(nc4ccccc24)CCN(C(C)C)C3)c1. The zero-order chi connectivity index (χ0) is 22.0. The molecule has 2 aromatic heterocycles. The van der Waals surface area contributed by atoms with Crippen molar-refractivity contribution in [2.45, 2.75) is 39.8 Å². The van der Waals surface area contributed by atoms with Crippen molar-refractivity contribution in [1.82, 2.24) is 14.9 Å². The number of benzene rings is 1. The number of fused-ring (bicyclic) bond motifs is 2. The molecule has 0 spiro atoms. The summed E-state index contributed by atoms with van der Waals surface area (Å²) in [5.41, 5.74) is 4.07. The van der Waals surface area contributed by atoms with Gasteiger partial charge in [0, 0.05) is 48.4 Å². The minimum atomic E-state index is -0.507. The van der Waals surface area contributed by atoms with Crippen molar-refractivity contribution >= 4 is 28.6 Å². The van der Waals surface area contributed by atoms with Gasteiger partial charge in [0.15, 0.2) is 6.61 Å². The predicted octanol–water partition coefficient (Wildman–Crippen LogP) is 3.50. The molecule has 0 atom stereocenters.